The van der Waals surface area contributed by atoms with Crippen molar-refractivity contribution in [2.45, 2.75) is 0 Å². The highest BCUT2D eigenvalue weighted by Crippen LogP contribution is 2.25. The van der Waals surface area contributed by atoms with Crippen LogP contribution in [-0.2, 0) is 4.79 Å². The number of aliphatic carboxylic acids is 1. The van der Waals surface area contributed by atoms with Gasteiger partial charge in [0.2, 0.25) is 0 Å². The van der Waals surface area contributed by atoms with Gasteiger partial charge in [0, 0.05) is 18.3 Å². The van der Waals surface area contributed by atoms with Gasteiger partial charge in [0.15, 0.2) is 0 Å². The number of rotatable bonds is 5. The Morgan fingerprint density at radius 2 is 2.10 bits per heavy atom. The van der Waals surface area contributed by atoms with Crippen molar-refractivity contribution in [1.29, 1.82) is 0 Å². The molecule has 21 heavy (non-hydrogen) atoms. The number of hydrogen-bond donors (Lipinski definition) is 1. The molecule has 1 N–H and O–H groups in total. The molecule has 0 spiro atoms. The van der Waals surface area contributed by atoms with Gasteiger partial charge < -0.3 is 9.84 Å². The highest BCUT2D eigenvalue weighted by atomic mass is 16.6. The first kappa shape index (κ1) is 14.2. The normalized spacial score (nSPS) is 10.5. The number of hydrogen-bond acceptors (Lipinski definition) is 5. The van der Waals surface area contributed by atoms with E-state index in [1.54, 1.807) is 12.1 Å². The van der Waals surface area contributed by atoms with E-state index in [9.17, 15) is 14.9 Å². The molecule has 0 fully saturated rings. The molecule has 7 heteroatoms. The van der Waals surface area contributed by atoms with E-state index in [4.69, 9.17) is 9.84 Å². The van der Waals surface area contributed by atoms with E-state index in [2.05, 4.69) is 4.98 Å². The zero-order valence-electron chi connectivity index (χ0n) is 10.7. The van der Waals surface area contributed by atoms with E-state index in [-0.39, 0.29) is 5.69 Å². The molecule has 0 aliphatic carbocycles. The third kappa shape index (κ3) is 4.13. The Bertz CT molecular complexity index is 712. The second-order valence-electron chi connectivity index (χ2n) is 3.98. The predicted molar refractivity (Wildman–Crippen MR) is 74.1 cm³/mol. The summed E-state index contributed by atoms with van der Waals surface area (Å²) in [6.07, 6.45) is 5.25. The van der Waals surface area contributed by atoms with Crippen molar-refractivity contribution >= 4 is 17.7 Å². The fourth-order valence-electron chi connectivity index (χ4n) is 1.55. The average Bonchev–Trinajstić information content (AvgIpc) is 2.46. The standard InChI is InChI=1S/C14H10N2O5/c17-14(18)5-4-10-6-13(9-15-8-10)21-12-3-1-2-11(7-12)16(19)20/h1-9H,(H,17,18)/b5-4+. The maximum Gasteiger partial charge on any atom is 0.328 e. The molecule has 2 aromatic rings. The van der Waals surface area contributed by atoms with Crippen LogP contribution in [0.4, 0.5) is 5.69 Å². The smallest absolute Gasteiger partial charge is 0.328 e. The number of nitrogens with zero attached hydrogens (tertiary/aromatic N) is 2. The van der Waals surface area contributed by atoms with Crippen LogP contribution in [0.3, 0.4) is 0 Å². The van der Waals surface area contributed by atoms with Gasteiger partial charge in [0.05, 0.1) is 17.2 Å². The molecule has 0 saturated carbocycles. The van der Waals surface area contributed by atoms with Crippen LogP contribution >= 0.6 is 0 Å². The number of nitro groups is 1. The molecule has 0 saturated heterocycles. The SMILES string of the molecule is O=C(O)/C=C/c1cncc(Oc2cccc([N+](=O)[O-])c2)c1. The van der Waals surface area contributed by atoms with Gasteiger partial charge in [-0.2, -0.15) is 0 Å². The summed E-state index contributed by atoms with van der Waals surface area (Å²) in [4.78, 5) is 24.5. The first-order valence-electron chi connectivity index (χ1n) is 5.83. The Balaban J connectivity index is 2.20. The summed E-state index contributed by atoms with van der Waals surface area (Å²) in [6, 6.07) is 7.31. The fraction of sp³-hybridized carbons (Fsp3) is 0. The van der Waals surface area contributed by atoms with Gasteiger partial charge in [0.25, 0.3) is 5.69 Å². The Kier molecular flexibility index (Phi) is 4.25. The molecule has 106 valence electrons. The number of carboxylic acid groups (broad SMARTS) is 1. The van der Waals surface area contributed by atoms with Gasteiger partial charge in [-0.05, 0) is 23.8 Å². The van der Waals surface area contributed by atoms with Crippen molar-refractivity contribution in [3.63, 3.8) is 0 Å². The Labute approximate surface area is 119 Å². The van der Waals surface area contributed by atoms with Crippen molar-refractivity contribution in [2.24, 2.45) is 0 Å². The summed E-state index contributed by atoms with van der Waals surface area (Å²) in [5.41, 5.74) is 0.461. The number of carbonyl (C=O) groups is 1. The lowest BCUT2D eigenvalue weighted by molar-refractivity contribution is -0.384. The molecule has 1 aromatic heterocycles. The van der Waals surface area contributed by atoms with Crippen molar-refractivity contribution in [3.8, 4) is 11.5 Å². The molecule has 0 radical (unpaired) electrons. The van der Waals surface area contributed by atoms with Crippen molar-refractivity contribution in [2.75, 3.05) is 0 Å². The van der Waals surface area contributed by atoms with E-state index >= 15 is 0 Å². The number of benzene rings is 1. The van der Waals surface area contributed by atoms with E-state index in [0.717, 1.165) is 6.08 Å². The lowest BCUT2D eigenvalue weighted by Crippen LogP contribution is -1.90. The second-order valence-corrected chi connectivity index (χ2v) is 3.98. The van der Waals surface area contributed by atoms with Crippen LogP contribution < -0.4 is 4.74 Å². The van der Waals surface area contributed by atoms with E-state index in [1.807, 2.05) is 0 Å². The second kappa shape index (κ2) is 6.29. The summed E-state index contributed by atoms with van der Waals surface area (Å²) >= 11 is 0. The minimum absolute atomic E-state index is 0.0811. The van der Waals surface area contributed by atoms with Crippen LogP contribution in [-0.4, -0.2) is 21.0 Å². The zero-order chi connectivity index (χ0) is 15.2. The molecule has 0 bridgehead atoms. The number of carboxylic acids is 1. The maximum absolute atomic E-state index is 10.7. The van der Waals surface area contributed by atoms with E-state index < -0.39 is 10.9 Å². The van der Waals surface area contributed by atoms with Crippen LogP contribution in [0.15, 0.2) is 48.8 Å². The Hall–Kier alpha value is -3.22. The Morgan fingerprint density at radius 3 is 2.81 bits per heavy atom. The zero-order valence-corrected chi connectivity index (χ0v) is 10.7. The fourth-order valence-corrected chi connectivity index (χ4v) is 1.55. The number of non-ortho nitro benzene ring substituents is 1. The van der Waals surface area contributed by atoms with Crippen LogP contribution in [0.1, 0.15) is 5.56 Å². The first-order valence-corrected chi connectivity index (χ1v) is 5.83. The van der Waals surface area contributed by atoms with E-state index in [1.165, 1.54) is 36.7 Å². The third-order valence-corrected chi connectivity index (χ3v) is 2.42. The molecule has 0 amide bonds. The van der Waals surface area contributed by atoms with Gasteiger partial charge in [-0.15, -0.1) is 0 Å². The van der Waals surface area contributed by atoms with Gasteiger partial charge >= 0.3 is 5.97 Å². The average molecular weight is 286 g/mol. The van der Waals surface area contributed by atoms with Gasteiger partial charge in [-0.3, -0.25) is 15.1 Å². The summed E-state index contributed by atoms with van der Waals surface area (Å²) in [6.45, 7) is 0. The molecule has 0 unspecified atom stereocenters. The summed E-state index contributed by atoms with van der Waals surface area (Å²) in [5, 5.41) is 19.2. The summed E-state index contributed by atoms with van der Waals surface area (Å²) in [5.74, 6) is -0.423. The molecular weight excluding hydrogens is 276 g/mol. The molecule has 0 aliphatic heterocycles. The number of aromatic nitrogens is 1. The largest absolute Gasteiger partial charge is 0.478 e. The van der Waals surface area contributed by atoms with Gasteiger partial charge in [-0.1, -0.05) is 6.07 Å². The monoisotopic (exact) mass is 286 g/mol. The molecule has 0 atom stereocenters. The highest BCUT2D eigenvalue weighted by molar-refractivity contribution is 5.85. The molecule has 0 aliphatic rings. The third-order valence-electron chi connectivity index (χ3n) is 2.42. The van der Waals surface area contributed by atoms with Crippen LogP contribution in [0, 0.1) is 10.1 Å². The summed E-state index contributed by atoms with van der Waals surface area (Å²) < 4.78 is 5.47. The molecular formula is C14H10N2O5. The van der Waals surface area contributed by atoms with Gasteiger partial charge in [0.1, 0.15) is 11.5 Å². The Morgan fingerprint density at radius 1 is 1.29 bits per heavy atom. The minimum atomic E-state index is -1.07. The van der Waals surface area contributed by atoms with Crippen LogP contribution in [0.25, 0.3) is 6.08 Å². The quantitative estimate of drug-likeness (QED) is 0.515. The number of ether oxygens (including phenoxy) is 1. The van der Waals surface area contributed by atoms with Crippen molar-refractivity contribution in [3.05, 3.63) is 64.5 Å². The predicted octanol–water partition coefficient (Wildman–Crippen LogP) is 2.88. The topological polar surface area (TPSA) is 103 Å². The first-order chi connectivity index (χ1) is 10.0. The highest BCUT2D eigenvalue weighted by Gasteiger charge is 2.07. The molecule has 1 aromatic carbocycles. The maximum atomic E-state index is 10.7. The van der Waals surface area contributed by atoms with E-state index in [0.29, 0.717) is 17.1 Å². The minimum Gasteiger partial charge on any atom is -0.478 e. The van der Waals surface area contributed by atoms with Crippen LogP contribution in [0.2, 0.25) is 0 Å². The van der Waals surface area contributed by atoms with Crippen molar-refractivity contribution in [1.82, 2.24) is 4.98 Å². The van der Waals surface area contributed by atoms with Gasteiger partial charge in [-0.25, -0.2) is 4.79 Å². The molecule has 2 rings (SSSR count). The molecule has 1 heterocycles. The lowest BCUT2D eigenvalue weighted by atomic mass is 10.2. The van der Waals surface area contributed by atoms with Crippen molar-refractivity contribution < 1.29 is 19.6 Å². The number of pyridine rings is 1. The summed E-state index contributed by atoms with van der Waals surface area (Å²) in [7, 11) is 0. The number of nitro benzene ring substituents is 1. The molecule has 7 nitrogen and oxygen atoms in total. The van der Waals surface area contributed by atoms with Crippen LogP contribution in [0.5, 0.6) is 11.5 Å². The lowest BCUT2D eigenvalue weighted by Gasteiger charge is -2.05.